The molecule has 2 saturated heterocycles. The van der Waals surface area contributed by atoms with E-state index in [0.717, 1.165) is 11.3 Å². The van der Waals surface area contributed by atoms with Gasteiger partial charge < -0.3 is 25.7 Å². The Morgan fingerprint density at radius 1 is 1.35 bits per heavy atom. The number of hydrogen-bond donors (Lipinski definition) is 4. The molecule has 4 rings (SSSR count). The van der Waals surface area contributed by atoms with Crippen molar-refractivity contribution >= 4 is 35.2 Å². The van der Waals surface area contributed by atoms with Crippen LogP contribution in [-0.2, 0) is 14.4 Å². The molecule has 9 heteroatoms. The van der Waals surface area contributed by atoms with Crippen molar-refractivity contribution in [3.63, 3.8) is 0 Å². The topological polar surface area (TPSA) is 119 Å². The maximum Gasteiger partial charge on any atom is 0.353 e. The van der Waals surface area contributed by atoms with Crippen molar-refractivity contribution in [1.29, 1.82) is 0 Å². The van der Waals surface area contributed by atoms with Gasteiger partial charge in [-0.25, -0.2) is 4.79 Å². The van der Waals surface area contributed by atoms with Crippen molar-refractivity contribution in [2.75, 3.05) is 11.9 Å². The number of aliphatic carboxylic acids is 1. The monoisotopic (exact) mass is 445 g/mol. The van der Waals surface area contributed by atoms with Crippen LogP contribution in [0.1, 0.15) is 25.8 Å². The number of nitrogens with zero attached hydrogens (tertiary/aromatic N) is 1. The molecule has 0 saturated carbocycles. The maximum absolute atomic E-state index is 12.7. The highest BCUT2D eigenvalue weighted by molar-refractivity contribution is 8.03. The second-order valence-corrected chi connectivity index (χ2v) is 9.91. The Labute approximate surface area is 185 Å². The third-order valence-electron chi connectivity index (χ3n) is 6.30. The lowest BCUT2D eigenvalue weighted by Gasteiger charge is -2.46. The summed E-state index contributed by atoms with van der Waals surface area (Å²) in [6.45, 7) is 6.00. The predicted molar refractivity (Wildman–Crippen MR) is 117 cm³/mol. The Morgan fingerprint density at radius 3 is 2.74 bits per heavy atom. The Morgan fingerprint density at radius 2 is 2.10 bits per heavy atom. The van der Waals surface area contributed by atoms with Crippen LogP contribution < -0.4 is 10.6 Å². The van der Waals surface area contributed by atoms with Gasteiger partial charge in [0.15, 0.2) is 0 Å². The number of aryl methyl sites for hydroxylation is 1. The van der Waals surface area contributed by atoms with Gasteiger partial charge in [0.2, 0.25) is 11.8 Å². The summed E-state index contributed by atoms with van der Waals surface area (Å²) < 4.78 is 0. The number of anilines is 1. The van der Waals surface area contributed by atoms with E-state index in [-0.39, 0.29) is 40.8 Å². The molecule has 1 aromatic rings. The average Bonchev–Trinajstić information content (AvgIpc) is 3.24. The third-order valence-corrected chi connectivity index (χ3v) is 7.81. The van der Waals surface area contributed by atoms with Crippen LogP contribution in [0.2, 0.25) is 0 Å². The van der Waals surface area contributed by atoms with Crippen molar-refractivity contribution in [3.05, 3.63) is 40.4 Å². The van der Waals surface area contributed by atoms with Gasteiger partial charge in [0.1, 0.15) is 5.70 Å². The smallest absolute Gasteiger partial charge is 0.353 e. The first-order valence-corrected chi connectivity index (χ1v) is 11.3. The Bertz CT molecular complexity index is 962. The highest BCUT2D eigenvalue weighted by Gasteiger charge is 2.60. The number of carboxylic acids is 1. The summed E-state index contributed by atoms with van der Waals surface area (Å²) in [5.74, 6) is -2.33. The number of amides is 2. The molecule has 3 aliphatic heterocycles. The minimum Gasteiger partial charge on any atom is -0.477 e. The zero-order valence-corrected chi connectivity index (χ0v) is 18.5. The van der Waals surface area contributed by atoms with Crippen LogP contribution in [0.3, 0.4) is 0 Å². The number of benzene rings is 1. The molecule has 3 aliphatic rings. The van der Waals surface area contributed by atoms with Gasteiger partial charge in [0.25, 0.3) is 0 Å². The van der Waals surface area contributed by atoms with Crippen LogP contribution in [0.4, 0.5) is 5.69 Å². The Hall–Kier alpha value is -2.36. The molecule has 1 unspecified atom stereocenters. The number of nitrogens with one attached hydrogen (secondary N) is 2. The molecule has 6 atom stereocenters. The molecule has 166 valence electrons. The molecule has 1 aromatic carbocycles. The number of carbonyl (C=O) groups excluding carboxylic acids is 2. The number of fused-ring (bicyclic) bond motifs is 1. The zero-order valence-electron chi connectivity index (χ0n) is 17.7. The Balaban J connectivity index is 1.44. The standard InChI is InChI=1S/C22H27N3O5S/c1-10-5-4-6-13(7-10)24-20(27)15-8-14(9-23-15)31-19-11(2)17-16(12(3)26)21(28)25(17)18(19)22(29)30/h4-7,11-12,14-17,23,26H,8-9H2,1-3H3,(H,24,27)(H,29,30)/t11-,12-,14+,15?,16-,17-/m1/s1. The number of rotatable bonds is 6. The summed E-state index contributed by atoms with van der Waals surface area (Å²) in [5.41, 5.74) is 1.83. The molecule has 8 nitrogen and oxygen atoms in total. The van der Waals surface area contributed by atoms with E-state index in [9.17, 15) is 24.6 Å². The van der Waals surface area contributed by atoms with E-state index in [1.54, 1.807) is 6.92 Å². The summed E-state index contributed by atoms with van der Waals surface area (Å²) in [5, 5.41) is 25.9. The van der Waals surface area contributed by atoms with Crippen molar-refractivity contribution in [1.82, 2.24) is 10.2 Å². The third kappa shape index (κ3) is 3.86. The fraction of sp³-hybridized carbons (Fsp3) is 0.500. The molecule has 0 radical (unpaired) electrons. The fourth-order valence-corrected chi connectivity index (χ4v) is 6.28. The van der Waals surface area contributed by atoms with E-state index in [4.69, 9.17) is 0 Å². The molecule has 0 bridgehead atoms. The van der Waals surface area contributed by atoms with E-state index < -0.39 is 18.0 Å². The fourth-order valence-electron chi connectivity index (χ4n) is 4.80. The SMILES string of the molecule is Cc1cccc(NC(=O)C2C[C@H](SC3=C(C(=O)O)N4C(=O)[C@H]([C@@H](C)O)[C@H]4[C@H]3C)CN2)c1. The van der Waals surface area contributed by atoms with Gasteiger partial charge in [-0.05, 0) is 38.0 Å². The number of aliphatic hydroxyl groups excluding tert-OH is 1. The molecule has 0 spiro atoms. The van der Waals surface area contributed by atoms with Crippen LogP contribution in [0.5, 0.6) is 0 Å². The molecule has 0 aliphatic carbocycles. The van der Waals surface area contributed by atoms with Crippen LogP contribution in [0.15, 0.2) is 34.9 Å². The van der Waals surface area contributed by atoms with Gasteiger partial charge in [-0.1, -0.05) is 19.1 Å². The number of carbonyl (C=O) groups is 3. The van der Waals surface area contributed by atoms with E-state index in [1.165, 1.54) is 16.7 Å². The van der Waals surface area contributed by atoms with Gasteiger partial charge in [-0.15, -0.1) is 11.8 Å². The average molecular weight is 446 g/mol. The van der Waals surface area contributed by atoms with Gasteiger partial charge in [-0.2, -0.15) is 0 Å². The molecule has 4 N–H and O–H groups in total. The van der Waals surface area contributed by atoms with Crippen molar-refractivity contribution in [2.45, 2.75) is 50.6 Å². The maximum atomic E-state index is 12.7. The first-order chi connectivity index (χ1) is 14.7. The summed E-state index contributed by atoms with van der Waals surface area (Å²) in [6.07, 6.45) is -0.261. The lowest BCUT2D eigenvalue weighted by molar-refractivity contribution is -0.163. The summed E-state index contributed by atoms with van der Waals surface area (Å²) in [7, 11) is 0. The quantitative estimate of drug-likeness (QED) is 0.491. The van der Waals surface area contributed by atoms with E-state index >= 15 is 0 Å². The van der Waals surface area contributed by atoms with E-state index in [2.05, 4.69) is 10.6 Å². The lowest BCUT2D eigenvalue weighted by Crippen LogP contribution is -2.63. The molecular formula is C22H27N3O5S. The number of hydrogen-bond acceptors (Lipinski definition) is 6. The molecule has 31 heavy (non-hydrogen) atoms. The number of thioether (sulfide) groups is 1. The van der Waals surface area contributed by atoms with Gasteiger partial charge in [0, 0.05) is 28.3 Å². The number of β-lactam (4-membered cyclic amide) rings is 1. The summed E-state index contributed by atoms with van der Waals surface area (Å²) >= 11 is 1.43. The number of carboxylic acid groups (broad SMARTS) is 1. The lowest BCUT2D eigenvalue weighted by atomic mass is 9.79. The first kappa shape index (κ1) is 21.9. The van der Waals surface area contributed by atoms with Crippen LogP contribution in [-0.4, -0.2) is 62.9 Å². The second kappa shape index (κ2) is 8.29. The first-order valence-electron chi connectivity index (χ1n) is 10.4. The zero-order chi connectivity index (χ0) is 22.4. The highest BCUT2D eigenvalue weighted by Crippen LogP contribution is 2.51. The minimum atomic E-state index is -1.13. The van der Waals surface area contributed by atoms with Crippen molar-refractivity contribution < 1.29 is 24.6 Å². The second-order valence-electron chi connectivity index (χ2n) is 8.57. The largest absolute Gasteiger partial charge is 0.477 e. The van der Waals surface area contributed by atoms with E-state index in [1.807, 2.05) is 38.1 Å². The summed E-state index contributed by atoms with van der Waals surface area (Å²) in [4.78, 5) is 39.0. The van der Waals surface area contributed by atoms with Crippen molar-refractivity contribution in [2.24, 2.45) is 11.8 Å². The minimum absolute atomic E-state index is 0.0128. The molecule has 0 aromatic heterocycles. The van der Waals surface area contributed by atoms with Crippen LogP contribution >= 0.6 is 11.8 Å². The molecular weight excluding hydrogens is 418 g/mol. The van der Waals surface area contributed by atoms with E-state index in [0.29, 0.717) is 17.9 Å². The van der Waals surface area contributed by atoms with Crippen LogP contribution in [0, 0.1) is 18.8 Å². The van der Waals surface area contributed by atoms with Gasteiger partial charge >= 0.3 is 5.97 Å². The molecule has 2 fully saturated rings. The summed E-state index contributed by atoms with van der Waals surface area (Å²) in [6, 6.07) is 6.91. The predicted octanol–water partition coefficient (Wildman–Crippen LogP) is 1.55. The number of aliphatic hydroxyl groups is 1. The molecule has 2 amide bonds. The Kier molecular flexibility index (Phi) is 5.85. The molecule has 3 heterocycles. The van der Waals surface area contributed by atoms with Crippen molar-refractivity contribution in [3.8, 4) is 0 Å². The highest BCUT2D eigenvalue weighted by atomic mass is 32.2. The normalized spacial score (nSPS) is 30.8. The van der Waals surface area contributed by atoms with Gasteiger partial charge in [-0.3, -0.25) is 9.59 Å². The van der Waals surface area contributed by atoms with Gasteiger partial charge in [0.05, 0.1) is 24.1 Å². The van der Waals surface area contributed by atoms with Crippen LogP contribution in [0.25, 0.3) is 0 Å².